The molecule has 0 aliphatic carbocycles. The predicted octanol–water partition coefficient (Wildman–Crippen LogP) is 3.49. The zero-order valence-electron chi connectivity index (χ0n) is 17.4. The van der Waals surface area contributed by atoms with Gasteiger partial charge < -0.3 is 14.5 Å². The zero-order valence-corrected chi connectivity index (χ0v) is 19.7. The van der Waals surface area contributed by atoms with E-state index in [1.54, 1.807) is 25.1 Å². The van der Waals surface area contributed by atoms with Gasteiger partial charge in [-0.15, -0.1) is 0 Å². The van der Waals surface area contributed by atoms with Crippen LogP contribution in [0.3, 0.4) is 0 Å². The molecule has 0 atom stereocenters. The van der Waals surface area contributed by atoms with E-state index in [9.17, 15) is 18.0 Å². The summed E-state index contributed by atoms with van der Waals surface area (Å²) in [5.41, 5.74) is 0.151. The number of ether oxygens (including phenoxy) is 1. The first-order valence-electron chi connectivity index (χ1n) is 9.96. The van der Waals surface area contributed by atoms with Gasteiger partial charge >= 0.3 is 6.09 Å². The summed E-state index contributed by atoms with van der Waals surface area (Å²) in [6, 6.07) is 12.2. The number of carbonyl (C=O) groups excluding carboxylic acids is 2. The van der Waals surface area contributed by atoms with Crippen LogP contribution in [0, 0.1) is 0 Å². The van der Waals surface area contributed by atoms with Gasteiger partial charge in [0.15, 0.2) is 0 Å². The molecule has 8 nitrogen and oxygen atoms in total. The number of anilines is 1. The Balaban J connectivity index is 1.84. The summed E-state index contributed by atoms with van der Waals surface area (Å²) in [6.07, 6.45) is -0.430. The highest BCUT2D eigenvalue weighted by Gasteiger charge is 2.32. The first-order valence-corrected chi connectivity index (χ1v) is 12.2. The summed E-state index contributed by atoms with van der Waals surface area (Å²) in [6.45, 7) is 2.69. The van der Waals surface area contributed by atoms with Gasteiger partial charge in [-0.05, 0) is 37.3 Å². The molecular weight excluding hydrogens is 477 g/mol. The molecule has 0 saturated carbocycles. The minimum atomic E-state index is -4.08. The van der Waals surface area contributed by atoms with Crippen LogP contribution >= 0.6 is 23.2 Å². The number of rotatable bonds is 6. The molecule has 1 fully saturated rings. The molecule has 0 N–H and O–H groups in total. The molecule has 172 valence electrons. The lowest BCUT2D eigenvalue weighted by molar-refractivity contribution is -0.131. The van der Waals surface area contributed by atoms with Crippen LogP contribution in [0.4, 0.5) is 10.5 Å². The number of nitrogens with zero attached hydrogens (tertiary/aromatic N) is 3. The average molecular weight is 500 g/mol. The van der Waals surface area contributed by atoms with E-state index in [0.29, 0.717) is 18.1 Å². The Hall–Kier alpha value is -2.49. The van der Waals surface area contributed by atoms with Crippen LogP contribution in [0.1, 0.15) is 6.92 Å². The second-order valence-electron chi connectivity index (χ2n) is 6.99. The van der Waals surface area contributed by atoms with Gasteiger partial charge in [-0.1, -0.05) is 41.4 Å². The van der Waals surface area contributed by atoms with Crippen molar-refractivity contribution in [3.63, 3.8) is 0 Å². The molecule has 0 radical (unpaired) electrons. The number of hydrogen-bond donors (Lipinski definition) is 0. The van der Waals surface area contributed by atoms with Crippen LogP contribution in [0.5, 0.6) is 0 Å². The maximum atomic E-state index is 13.4. The standard InChI is InChI=1S/C21H23Cl2N3O5S/c1-2-31-21(28)25-12-10-24(11-13-25)20(27)15-26(19-9-8-16(22)14-18(19)23)32(29,30)17-6-4-3-5-7-17/h3-9,14H,2,10-13,15H2,1H3. The Bertz CT molecular complexity index is 1070. The molecule has 0 unspecified atom stereocenters. The molecule has 11 heteroatoms. The maximum Gasteiger partial charge on any atom is 0.409 e. The van der Waals surface area contributed by atoms with Gasteiger partial charge in [-0.25, -0.2) is 13.2 Å². The predicted molar refractivity (Wildman–Crippen MR) is 123 cm³/mol. The van der Waals surface area contributed by atoms with Crippen molar-refractivity contribution in [1.82, 2.24) is 9.80 Å². The molecule has 32 heavy (non-hydrogen) atoms. The third-order valence-corrected chi connectivity index (χ3v) is 7.26. The van der Waals surface area contributed by atoms with Crippen molar-refractivity contribution >= 4 is 50.9 Å². The summed E-state index contributed by atoms with van der Waals surface area (Å²) in [7, 11) is -4.08. The van der Waals surface area contributed by atoms with Crippen molar-refractivity contribution in [3.8, 4) is 0 Å². The first-order chi connectivity index (χ1) is 15.2. The van der Waals surface area contributed by atoms with Gasteiger partial charge in [-0.2, -0.15) is 0 Å². The highest BCUT2D eigenvalue weighted by atomic mass is 35.5. The lowest BCUT2D eigenvalue weighted by Gasteiger charge is -2.35. The van der Waals surface area contributed by atoms with Gasteiger partial charge in [0, 0.05) is 31.2 Å². The second kappa shape index (κ2) is 10.4. The summed E-state index contributed by atoms with van der Waals surface area (Å²) >= 11 is 12.3. The van der Waals surface area contributed by atoms with Crippen LogP contribution in [0.25, 0.3) is 0 Å². The minimum absolute atomic E-state index is 0.0333. The number of piperazine rings is 1. The third-order valence-electron chi connectivity index (χ3n) is 4.95. The fourth-order valence-corrected chi connectivity index (χ4v) is 5.29. The molecule has 0 aromatic heterocycles. The van der Waals surface area contributed by atoms with E-state index in [1.165, 1.54) is 40.1 Å². The van der Waals surface area contributed by atoms with E-state index >= 15 is 0 Å². The monoisotopic (exact) mass is 499 g/mol. The summed E-state index contributed by atoms with van der Waals surface area (Å²) in [5, 5.41) is 0.453. The molecule has 1 saturated heterocycles. The lowest BCUT2D eigenvalue weighted by Crippen LogP contribution is -2.53. The summed E-state index contributed by atoms with van der Waals surface area (Å²) in [5.74, 6) is -0.404. The molecule has 3 rings (SSSR count). The highest BCUT2D eigenvalue weighted by molar-refractivity contribution is 7.92. The highest BCUT2D eigenvalue weighted by Crippen LogP contribution is 2.32. The van der Waals surface area contributed by atoms with Crippen LogP contribution in [0.2, 0.25) is 10.0 Å². The summed E-state index contributed by atoms with van der Waals surface area (Å²) in [4.78, 5) is 28.0. The Kier molecular flexibility index (Phi) is 7.86. The Morgan fingerprint density at radius 3 is 2.22 bits per heavy atom. The van der Waals surface area contributed by atoms with Crippen molar-refractivity contribution in [2.75, 3.05) is 43.6 Å². The largest absolute Gasteiger partial charge is 0.450 e. The van der Waals surface area contributed by atoms with Gasteiger partial charge in [0.25, 0.3) is 10.0 Å². The molecule has 1 aliphatic rings. The van der Waals surface area contributed by atoms with Crippen molar-refractivity contribution < 1.29 is 22.7 Å². The first kappa shape index (κ1) is 24.2. The molecule has 0 bridgehead atoms. The van der Waals surface area contributed by atoms with Gasteiger partial charge in [0.05, 0.1) is 22.2 Å². The Labute approximate surface area is 197 Å². The molecule has 2 aromatic carbocycles. The van der Waals surface area contributed by atoms with Crippen LogP contribution in [0.15, 0.2) is 53.4 Å². The van der Waals surface area contributed by atoms with Crippen molar-refractivity contribution in [1.29, 1.82) is 0 Å². The normalized spacial score (nSPS) is 14.2. The second-order valence-corrected chi connectivity index (χ2v) is 9.69. The number of benzene rings is 2. The fourth-order valence-electron chi connectivity index (χ4n) is 3.28. The Morgan fingerprint density at radius 2 is 1.62 bits per heavy atom. The number of amides is 2. The van der Waals surface area contributed by atoms with Crippen LogP contribution < -0.4 is 4.31 Å². The van der Waals surface area contributed by atoms with E-state index in [4.69, 9.17) is 27.9 Å². The average Bonchev–Trinajstić information content (AvgIpc) is 2.78. The van der Waals surface area contributed by atoms with E-state index in [0.717, 1.165) is 4.31 Å². The van der Waals surface area contributed by atoms with Gasteiger partial charge in [0.2, 0.25) is 5.91 Å². The number of carbonyl (C=O) groups is 2. The number of hydrogen-bond acceptors (Lipinski definition) is 5. The topological polar surface area (TPSA) is 87.2 Å². The number of sulfonamides is 1. The van der Waals surface area contributed by atoms with Crippen LogP contribution in [-0.4, -0.2) is 69.5 Å². The van der Waals surface area contributed by atoms with Crippen LogP contribution in [-0.2, 0) is 19.6 Å². The molecule has 2 amide bonds. The van der Waals surface area contributed by atoms with Crippen molar-refractivity contribution in [2.45, 2.75) is 11.8 Å². The molecule has 2 aromatic rings. The SMILES string of the molecule is CCOC(=O)N1CCN(C(=O)CN(c2ccc(Cl)cc2Cl)S(=O)(=O)c2ccccc2)CC1. The van der Waals surface area contributed by atoms with Gasteiger partial charge in [-0.3, -0.25) is 9.10 Å². The minimum Gasteiger partial charge on any atom is -0.450 e. The van der Waals surface area contributed by atoms with E-state index in [2.05, 4.69) is 0 Å². The zero-order chi connectivity index (χ0) is 23.3. The molecular formula is C21H23Cl2N3O5S. The number of halogens is 2. The molecule has 0 spiro atoms. The van der Waals surface area contributed by atoms with Gasteiger partial charge in [0.1, 0.15) is 6.54 Å². The quantitative estimate of drug-likeness (QED) is 0.606. The molecule has 1 heterocycles. The molecule has 1 aliphatic heterocycles. The van der Waals surface area contributed by atoms with Crippen molar-refractivity contribution in [2.24, 2.45) is 0 Å². The van der Waals surface area contributed by atoms with Crippen molar-refractivity contribution in [3.05, 3.63) is 58.6 Å². The smallest absolute Gasteiger partial charge is 0.409 e. The lowest BCUT2D eigenvalue weighted by atomic mass is 10.3. The Morgan fingerprint density at radius 1 is 1.00 bits per heavy atom. The van der Waals surface area contributed by atoms with E-state index < -0.39 is 28.6 Å². The maximum absolute atomic E-state index is 13.4. The summed E-state index contributed by atoms with van der Waals surface area (Å²) < 4.78 is 32.8. The fraction of sp³-hybridized carbons (Fsp3) is 0.333. The third kappa shape index (κ3) is 5.46. The van der Waals surface area contributed by atoms with E-state index in [-0.39, 0.29) is 35.3 Å². The van der Waals surface area contributed by atoms with E-state index in [1.807, 2.05) is 0 Å².